The van der Waals surface area contributed by atoms with Gasteiger partial charge in [-0.05, 0) is 30.4 Å². The molecule has 3 nitrogen and oxygen atoms in total. The van der Waals surface area contributed by atoms with E-state index in [9.17, 15) is 8.42 Å². The molecule has 0 bridgehead atoms. The van der Waals surface area contributed by atoms with Gasteiger partial charge < -0.3 is 0 Å². The summed E-state index contributed by atoms with van der Waals surface area (Å²) in [7, 11) is -2.86. The molecule has 1 saturated heterocycles. The number of hydrogen-bond acceptors (Lipinski definition) is 4. The molecule has 0 radical (unpaired) electrons. The van der Waals surface area contributed by atoms with Crippen molar-refractivity contribution in [2.45, 2.75) is 32.5 Å². The van der Waals surface area contributed by atoms with Crippen LogP contribution in [-0.2, 0) is 22.9 Å². The van der Waals surface area contributed by atoms with E-state index in [0.29, 0.717) is 11.5 Å². The zero-order valence-corrected chi connectivity index (χ0v) is 14.4. The van der Waals surface area contributed by atoms with Crippen LogP contribution >= 0.6 is 11.3 Å². The molecule has 1 atom stereocenters. The van der Waals surface area contributed by atoms with E-state index < -0.39 is 9.84 Å². The first kappa shape index (κ1) is 15.7. The second-order valence-corrected chi connectivity index (χ2v) is 9.29. The lowest BCUT2D eigenvalue weighted by Gasteiger charge is -2.27. The molecule has 1 aromatic heterocycles. The quantitative estimate of drug-likeness (QED) is 0.842. The summed E-state index contributed by atoms with van der Waals surface area (Å²) >= 11 is 1.73. The van der Waals surface area contributed by atoms with Crippen LogP contribution in [0, 0.1) is 6.92 Å². The monoisotopic (exact) mass is 335 g/mol. The number of aryl methyl sites for hydroxylation is 1. The van der Waals surface area contributed by atoms with Gasteiger partial charge in [-0.3, -0.25) is 4.90 Å². The van der Waals surface area contributed by atoms with Crippen molar-refractivity contribution in [3.05, 3.63) is 57.8 Å². The summed E-state index contributed by atoms with van der Waals surface area (Å²) in [5.74, 6) is 0.622. The summed E-state index contributed by atoms with van der Waals surface area (Å²) in [5.41, 5.74) is 2.49. The summed E-state index contributed by atoms with van der Waals surface area (Å²) < 4.78 is 23.6. The Morgan fingerprint density at radius 2 is 1.95 bits per heavy atom. The van der Waals surface area contributed by atoms with Crippen LogP contribution in [0.4, 0.5) is 0 Å². The van der Waals surface area contributed by atoms with Gasteiger partial charge in [-0.25, -0.2) is 8.42 Å². The van der Waals surface area contributed by atoms with Gasteiger partial charge in [0.25, 0.3) is 0 Å². The second-order valence-electron chi connectivity index (χ2n) is 6.03. The van der Waals surface area contributed by atoms with Gasteiger partial charge >= 0.3 is 0 Å². The first-order chi connectivity index (χ1) is 10.5. The van der Waals surface area contributed by atoms with Crippen molar-refractivity contribution in [1.29, 1.82) is 0 Å². The Labute approximate surface area is 136 Å². The van der Waals surface area contributed by atoms with Crippen LogP contribution in [-0.4, -0.2) is 30.9 Å². The Balaban J connectivity index is 1.78. The van der Waals surface area contributed by atoms with Crippen LogP contribution in [0.2, 0.25) is 0 Å². The van der Waals surface area contributed by atoms with Crippen molar-refractivity contribution >= 4 is 21.2 Å². The highest BCUT2D eigenvalue weighted by atomic mass is 32.2. The highest BCUT2D eigenvalue weighted by molar-refractivity contribution is 7.91. The van der Waals surface area contributed by atoms with Crippen molar-refractivity contribution in [2.24, 2.45) is 0 Å². The summed E-state index contributed by atoms with van der Waals surface area (Å²) in [6, 6.07) is 12.8. The van der Waals surface area contributed by atoms with Crippen molar-refractivity contribution in [1.82, 2.24) is 4.90 Å². The zero-order valence-electron chi connectivity index (χ0n) is 12.7. The maximum Gasteiger partial charge on any atom is 0.151 e. The Bertz CT molecular complexity index is 706. The van der Waals surface area contributed by atoms with Crippen LogP contribution in [0.3, 0.4) is 0 Å². The van der Waals surface area contributed by atoms with Crippen LogP contribution < -0.4 is 0 Å². The third-order valence-electron chi connectivity index (χ3n) is 4.17. The third-order valence-corrected chi connectivity index (χ3v) is 6.78. The van der Waals surface area contributed by atoms with E-state index in [2.05, 4.69) is 53.6 Å². The van der Waals surface area contributed by atoms with Gasteiger partial charge in [-0.2, -0.15) is 0 Å². The fraction of sp³-hybridized carbons (Fsp3) is 0.412. The molecule has 0 aliphatic carbocycles. The maximum absolute atomic E-state index is 11.8. The van der Waals surface area contributed by atoms with E-state index in [1.54, 1.807) is 11.3 Å². The average Bonchev–Trinajstić information content (AvgIpc) is 3.10. The van der Waals surface area contributed by atoms with Gasteiger partial charge in [0.2, 0.25) is 0 Å². The van der Waals surface area contributed by atoms with E-state index >= 15 is 0 Å². The molecule has 0 amide bonds. The maximum atomic E-state index is 11.8. The average molecular weight is 335 g/mol. The number of sulfone groups is 1. The Morgan fingerprint density at radius 3 is 2.55 bits per heavy atom. The van der Waals surface area contributed by atoms with Crippen molar-refractivity contribution in [3.63, 3.8) is 0 Å². The van der Waals surface area contributed by atoms with Gasteiger partial charge in [0.1, 0.15) is 0 Å². The molecule has 118 valence electrons. The summed E-state index contributed by atoms with van der Waals surface area (Å²) in [5, 5.41) is 2.07. The minimum Gasteiger partial charge on any atom is -0.290 e. The fourth-order valence-corrected chi connectivity index (χ4v) is 5.40. The van der Waals surface area contributed by atoms with E-state index in [1.165, 1.54) is 16.0 Å². The highest BCUT2D eigenvalue weighted by Gasteiger charge is 2.32. The Hall–Kier alpha value is -1.17. The molecular weight excluding hydrogens is 314 g/mol. The van der Waals surface area contributed by atoms with Gasteiger partial charge in [0, 0.05) is 24.0 Å². The van der Waals surface area contributed by atoms with Crippen molar-refractivity contribution < 1.29 is 8.42 Å². The molecule has 0 saturated carbocycles. The van der Waals surface area contributed by atoms with Crippen LogP contribution in [0.1, 0.15) is 22.4 Å². The van der Waals surface area contributed by atoms with Gasteiger partial charge in [-0.1, -0.05) is 35.9 Å². The molecule has 22 heavy (non-hydrogen) atoms. The first-order valence-electron chi connectivity index (χ1n) is 7.54. The summed E-state index contributed by atoms with van der Waals surface area (Å²) in [4.78, 5) is 3.61. The normalized spacial score (nSPS) is 20.5. The van der Waals surface area contributed by atoms with Gasteiger partial charge in [0.15, 0.2) is 9.84 Å². The molecule has 5 heteroatoms. The summed E-state index contributed by atoms with van der Waals surface area (Å²) in [6.45, 7) is 3.71. The molecule has 1 aromatic carbocycles. The Morgan fingerprint density at radius 1 is 1.18 bits per heavy atom. The minimum absolute atomic E-state index is 0.133. The van der Waals surface area contributed by atoms with Crippen LogP contribution in [0.25, 0.3) is 0 Å². The zero-order chi connectivity index (χ0) is 15.6. The number of nitrogens with zero attached hydrogens (tertiary/aromatic N) is 1. The first-order valence-corrected chi connectivity index (χ1v) is 10.2. The van der Waals surface area contributed by atoms with Crippen LogP contribution in [0.5, 0.6) is 0 Å². The number of hydrogen-bond donors (Lipinski definition) is 0. The number of benzene rings is 1. The lowest BCUT2D eigenvalue weighted by molar-refractivity contribution is 0.196. The molecule has 1 aliphatic rings. The molecule has 1 unspecified atom stereocenters. The summed E-state index contributed by atoms with van der Waals surface area (Å²) in [6.07, 6.45) is 0.750. The van der Waals surface area contributed by atoms with Crippen molar-refractivity contribution in [2.75, 3.05) is 11.5 Å². The third kappa shape index (κ3) is 3.97. The molecule has 1 aliphatic heterocycles. The molecular formula is C17H21NO2S2. The highest BCUT2D eigenvalue weighted by Crippen LogP contribution is 2.23. The van der Waals surface area contributed by atoms with Crippen molar-refractivity contribution in [3.8, 4) is 0 Å². The smallest absolute Gasteiger partial charge is 0.151 e. The van der Waals surface area contributed by atoms with E-state index in [0.717, 1.165) is 19.5 Å². The Kier molecular flexibility index (Phi) is 4.66. The van der Waals surface area contributed by atoms with Gasteiger partial charge in [-0.15, -0.1) is 11.3 Å². The molecule has 0 N–H and O–H groups in total. The molecule has 0 spiro atoms. The van der Waals surface area contributed by atoms with E-state index in [1.807, 2.05) is 0 Å². The molecule has 1 fully saturated rings. The van der Waals surface area contributed by atoms with Gasteiger partial charge in [0.05, 0.1) is 11.5 Å². The minimum atomic E-state index is -2.86. The number of rotatable bonds is 5. The predicted octanol–water partition coefficient (Wildman–Crippen LogP) is 3.25. The molecule has 2 heterocycles. The largest absolute Gasteiger partial charge is 0.290 e. The molecule has 3 rings (SSSR count). The van der Waals surface area contributed by atoms with E-state index in [-0.39, 0.29) is 6.04 Å². The topological polar surface area (TPSA) is 37.4 Å². The lowest BCUT2D eigenvalue weighted by atomic mass is 10.1. The second kappa shape index (κ2) is 6.52. The predicted molar refractivity (Wildman–Crippen MR) is 91.8 cm³/mol. The van der Waals surface area contributed by atoms with Crippen LogP contribution in [0.15, 0.2) is 41.8 Å². The van der Waals surface area contributed by atoms with E-state index in [4.69, 9.17) is 0 Å². The lowest BCUT2D eigenvalue weighted by Crippen LogP contribution is -2.35. The fourth-order valence-electron chi connectivity index (χ4n) is 2.91. The SMILES string of the molecule is Cc1ccc(CN(Cc2cccs2)C2CCS(=O)(=O)C2)cc1. The standard InChI is InChI=1S/C17H21NO2S2/c1-14-4-6-15(7-5-14)11-18(12-17-3-2-9-21-17)16-8-10-22(19,20)13-16/h2-7,9,16H,8,10-13H2,1H3. The molecule has 2 aromatic rings. The number of thiophene rings is 1.